The third-order valence-corrected chi connectivity index (χ3v) is 5.32. The Morgan fingerprint density at radius 3 is 2.09 bits per heavy atom. The summed E-state index contributed by atoms with van der Waals surface area (Å²) in [6.07, 6.45) is -6.56. The smallest absolute Gasteiger partial charge is 0.460 e. The first-order valence-corrected chi connectivity index (χ1v) is 17.2. The minimum Gasteiger partial charge on any atom is -0.460 e. The molecule has 0 aliphatic heterocycles. The van der Waals surface area contributed by atoms with Crippen molar-refractivity contribution in [2.45, 2.75) is 58.7 Å². The number of rotatable bonds is 6. The lowest BCUT2D eigenvalue weighted by molar-refractivity contribution is -0.223. The van der Waals surface area contributed by atoms with Crippen LogP contribution < -0.4 is 0 Å². The molecular weight excluding hydrogens is 469 g/mol. The minimum atomic E-state index is -5.11. The number of ether oxygens (including phenoxy) is 3. The number of esters is 2. The molecule has 0 saturated carbocycles. The van der Waals surface area contributed by atoms with Crippen LogP contribution in [0.5, 0.6) is 0 Å². The monoisotopic (exact) mass is 498 g/mol. The summed E-state index contributed by atoms with van der Waals surface area (Å²) < 4.78 is 50.9. The van der Waals surface area contributed by atoms with Gasteiger partial charge in [-0.25, -0.2) is 9.59 Å². The van der Waals surface area contributed by atoms with E-state index in [1.807, 2.05) is 0 Å². The molecule has 0 aliphatic rings. The molecule has 1 atom stereocenters. The van der Waals surface area contributed by atoms with Crippen LogP contribution in [0.25, 0.3) is 0 Å². The molecule has 0 bridgehead atoms. The Hall–Kier alpha value is -2.54. The van der Waals surface area contributed by atoms with E-state index in [9.17, 15) is 22.8 Å². The first-order chi connectivity index (χ1) is 15.0. The van der Waals surface area contributed by atoms with Crippen molar-refractivity contribution in [1.29, 1.82) is 0 Å². The van der Waals surface area contributed by atoms with E-state index in [1.165, 1.54) is 0 Å². The summed E-state index contributed by atoms with van der Waals surface area (Å²) in [5.41, 5.74) is 7.86. The van der Waals surface area contributed by atoms with Gasteiger partial charge in [-0.1, -0.05) is 51.1 Å². The first-order valence-electron chi connectivity index (χ1n) is 10.2. The number of alkyl halides is 3. The predicted octanol–water partition coefficient (Wildman–Crippen LogP) is 4.77. The molecule has 5 nitrogen and oxygen atoms in total. The van der Waals surface area contributed by atoms with Crippen LogP contribution in [0.3, 0.4) is 0 Å². The maximum absolute atomic E-state index is 12.7. The second-order valence-electron chi connectivity index (χ2n) is 9.24. The van der Waals surface area contributed by atoms with E-state index in [0.717, 1.165) is 6.92 Å². The summed E-state index contributed by atoms with van der Waals surface area (Å²) >= 11 is 0. The van der Waals surface area contributed by atoms with Gasteiger partial charge in [0.25, 0.3) is 0 Å². The second-order valence-corrected chi connectivity index (χ2v) is 18.7. The number of hydrogen-bond acceptors (Lipinski definition) is 5. The van der Waals surface area contributed by atoms with Crippen LogP contribution in [0.1, 0.15) is 28.4 Å². The fourth-order valence-corrected chi connectivity index (χ4v) is 3.12. The molecule has 10 heteroatoms. The van der Waals surface area contributed by atoms with E-state index >= 15 is 0 Å². The van der Waals surface area contributed by atoms with Crippen molar-refractivity contribution < 1.29 is 37.0 Å². The molecule has 0 amide bonds. The van der Waals surface area contributed by atoms with Crippen molar-refractivity contribution in [2.24, 2.45) is 0 Å². The number of hydrogen-bond donors (Lipinski definition) is 0. The standard InChI is InChI=1S/C23H29F3O5Si2/c1-17(31-22(28)23(24,25)26)29-12-13-30-21(27)20-16-18(10-14-32(2,3)4)8-9-19(20)11-15-33(5,6)7/h8-9,16-17H,12-13H2,1-7H3. The topological polar surface area (TPSA) is 61.8 Å². The van der Waals surface area contributed by atoms with Gasteiger partial charge >= 0.3 is 18.1 Å². The number of benzene rings is 1. The summed E-state index contributed by atoms with van der Waals surface area (Å²) in [7, 11) is -3.32. The molecule has 0 fully saturated rings. The Bertz CT molecular complexity index is 984. The van der Waals surface area contributed by atoms with Crippen LogP contribution >= 0.6 is 0 Å². The van der Waals surface area contributed by atoms with Gasteiger partial charge in [0.2, 0.25) is 6.29 Å². The zero-order chi connectivity index (χ0) is 25.4. The van der Waals surface area contributed by atoms with Gasteiger partial charge in [0.15, 0.2) is 0 Å². The molecule has 0 N–H and O–H groups in total. The maximum Gasteiger partial charge on any atom is 0.491 e. The lowest BCUT2D eigenvalue weighted by Crippen LogP contribution is -2.30. The van der Waals surface area contributed by atoms with Gasteiger partial charge in [-0.2, -0.15) is 13.2 Å². The van der Waals surface area contributed by atoms with Gasteiger partial charge in [0, 0.05) is 11.1 Å². The summed E-state index contributed by atoms with van der Waals surface area (Å²) in [6, 6.07) is 5.16. The van der Waals surface area contributed by atoms with Gasteiger partial charge in [0.1, 0.15) is 22.8 Å². The van der Waals surface area contributed by atoms with Crippen molar-refractivity contribution in [3.8, 4) is 22.9 Å². The third kappa shape index (κ3) is 11.8. The number of halogens is 3. The number of carbonyl (C=O) groups is 2. The van der Waals surface area contributed by atoms with Crippen LogP contribution in [0.15, 0.2) is 18.2 Å². The molecule has 0 spiro atoms. The molecule has 0 radical (unpaired) electrons. The fourth-order valence-electron chi connectivity index (χ4n) is 2.09. The SMILES string of the molecule is CC(OCCOC(=O)c1cc(C#C[Si](C)(C)C)ccc1C#C[Si](C)(C)C)OC(=O)C(F)(F)F. The summed E-state index contributed by atoms with van der Waals surface area (Å²) in [4.78, 5) is 23.5. The molecule has 180 valence electrons. The fraction of sp³-hybridized carbons (Fsp3) is 0.478. The Balaban J connectivity index is 2.91. The van der Waals surface area contributed by atoms with Gasteiger partial charge in [0.05, 0.1) is 12.2 Å². The molecule has 0 aromatic heterocycles. The average molecular weight is 499 g/mol. The molecule has 1 rings (SSSR count). The quantitative estimate of drug-likeness (QED) is 0.186. The molecule has 1 unspecified atom stereocenters. The van der Waals surface area contributed by atoms with Crippen LogP contribution in [0.2, 0.25) is 39.3 Å². The highest BCUT2D eigenvalue weighted by atomic mass is 28.3. The lowest BCUT2D eigenvalue weighted by atomic mass is 10.0. The Morgan fingerprint density at radius 2 is 1.55 bits per heavy atom. The summed E-state index contributed by atoms with van der Waals surface area (Å²) in [6.45, 7) is 13.2. The lowest BCUT2D eigenvalue weighted by Gasteiger charge is -2.15. The highest BCUT2D eigenvalue weighted by molar-refractivity contribution is 6.84. The second kappa shape index (κ2) is 11.5. The van der Waals surface area contributed by atoms with E-state index < -0.39 is 40.6 Å². The van der Waals surface area contributed by atoms with Crippen molar-refractivity contribution >= 4 is 28.1 Å². The molecular formula is C23H29F3O5Si2. The van der Waals surface area contributed by atoms with Crippen molar-refractivity contribution in [2.75, 3.05) is 13.2 Å². The molecule has 0 heterocycles. The minimum absolute atomic E-state index is 0.250. The van der Waals surface area contributed by atoms with Gasteiger partial charge in [-0.3, -0.25) is 0 Å². The Morgan fingerprint density at radius 1 is 0.970 bits per heavy atom. The predicted molar refractivity (Wildman–Crippen MR) is 125 cm³/mol. The summed E-state index contributed by atoms with van der Waals surface area (Å²) in [5.74, 6) is 3.14. The zero-order valence-electron chi connectivity index (χ0n) is 19.9. The Labute approximate surface area is 195 Å². The average Bonchev–Trinajstić information content (AvgIpc) is 2.66. The van der Waals surface area contributed by atoms with E-state index in [2.05, 4.69) is 66.9 Å². The molecule has 1 aromatic rings. The normalized spacial score (nSPS) is 12.5. The van der Waals surface area contributed by atoms with E-state index in [4.69, 9.17) is 9.47 Å². The zero-order valence-corrected chi connectivity index (χ0v) is 21.9. The van der Waals surface area contributed by atoms with Crippen molar-refractivity contribution in [3.63, 3.8) is 0 Å². The highest BCUT2D eigenvalue weighted by Crippen LogP contribution is 2.18. The molecule has 0 saturated heterocycles. The third-order valence-electron chi connectivity index (χ3n) is 3.57. The van der Waals surface area contributed by atoms with Crippen molar-refractivity contribution in [3.05, 3.63) is 34.9 Å². The summed E-state index contributed by atoms with van der Waals surface area (Å²) in [5, 5.41) is 0. The van der Waals surface area contributed by atoms with Crippen LogP contribution in [-0.2, 0) is 19.0 Å². The molecule has 1 aromatic carbocycles. The van der Waals surface area contributed by atoms with E-state index in [0.29, 0.717) is 11.1 Å². The highest BCUT2D eigenvalue weighted by Gasteiger charge is 2.42. The Kier molecular flexibility index (Phi) is 9.97. The maximum atomic E-state index is 12.7. The van der Waals surface area contributed by atoms with Gasteiger partial charge in [-0.15, -0.1) is 11.1 Å². The van der Waals surface area contributed by atoms with Crippen LogP contribution in [0.4, 0.5) is 13.2 Å². The van der Waals surface area contributed by atoms with Gasteiger partial charge in [-0.05, 0) is 25.1 Å². The first kappa shape index (κ1) is 28.5. The largest absolute Gasteiger partial charge is 0.491 e. The van der Waals surface area contributed by atoms with E-state index in [-0.39, 0.29) is 18.8 Å². The van der Waals surface area contributed by atoms with Crippen LogP contribution in [-0.4, -0.2) is 53.8 Å². The number of carbonyl (C=O) groups excluding carboxylic acids is 2. The molecule has 33 heavy (non-hydrogen) atoms. The van der Waals surface area contributed by atoms with E-state index in [1.54, 1.807) is 18.2 Å². The molecule has 0 aliphatic carbocycles. The van der Waals surface area contributed by atoms with Crippen LogP contribution in [0, 0.1) is 22.9 Å². The van der Waals surface area contributed by atoms with Gasteiger partial charge < -0.3 is 14.2 Å². The van der Waals surface area contributed by atoms with Crippen molar-refractivity contribution in [1.82, 2.24) is 0 Å².